The molecule has 1 heterocycles. The fourth-order valence-electron chi connectivity index (χ4n) is 2.57. The first kappa shape index (κ1) is 9.86. The van der Waals surface area contributed by atoms with E-state index in [0.29, 0.717) is 6.04 Å². The minimum Gasteiger partial charge on any atom is -0.299 e. The maximum absolute atomic E-state index is 2.43. The number of hydrogen-bond acceptors (Lipinski definition) is 1. The van der Waals surface area contributed by atoms with Crippen LogP contribution >= 0.6 is 0 Å². The summed E-state index contributed by atoms with van der Waals surface area (Å²) in [6.45, 7) is 3.39. The van der Waals surface area contributed by atoms with Gasteiger partial charge in [0.05, 0.1) is 0 Å². The molecule has 0 saturated heterocycles. The van der Waals surface area contributed by atoms with Gasteiger partial charge in [-0.25, -0.2) is 0 Å². The number of hydrogen-bond donors (Lipinski definition) is 0. The summed E-state index contributed by atoms with van der Waals surface area (Å²) in [5.41, 5.74) is 3.03. The lowest BCUT2D eigenvalue weighted by atomic mass is 9.92. The van der Waals surface area contributed by atoms with Gasteiger partial charge in [0.25, 0.3) is 0 Å². The Balaban J connectivity index is 2.17. The molecule has 0 N–H and O–H groups in total. The van der Waals surface area contributed by atoms with Gasteiger partial charge in [-0.05, 0) is 48.4 Å². The lowest BCUT2D eigenvalue weighted by Gasteiger charge is -2.31. The van der Waals surface area contributed by atoms with Crippen LogP contribution in [0.25, 0.3) is 10.8 Å². The molecule has 0 saturated carbocycles. The molecule has 2 aromatic rings. The minimum absolute atomic E-state index is 0.661. The van der Waals surface area contributed by atoms with Gasteiger partial charge in [0.2, 0.25) is 0 Å². The molecule has 16 heavy (non-hydrogen) atoms. The van der Waals surface area contributed by atoms with E-state index in [1.54, 1.807) is 0 Å². The van der Waals surface area contributed by atoms with Crippen LogP contribution in [0.5, 0.6) is 0 Å². The third-order valence-corrected chi connectivity index (χ3v) is 3.76. The van der Waals surface area contributed by atoms with Gasteiger partial charge in [0, 0.05) is 12.6 Å². The quantitative estimate of drug-likeness (QED) is 0.646. The van der Waals surface area contributed by atoms with Gasteiger partial charge in [0.1, 0.15) is 0 Å². The lowest BCUT2D eigenvalue weighted by molar-refractivity contribution is 0.231. The topological polar surface area (TPSA) is 3.24 Å². The molecule has 1 heteroatoms. The summed E-state index contributed by atoms with van der Waals surface area (Å²) in [7, 11) is 2.21. The second kappa shape index (κ2) is 3.60. The molecule has 2 aromatic carbocycles. The third-order valence-electron chi connectivity index (χ3n) is 3.76. The van der Waals surface area contributed by atoms with E-state index in [1.807, 2.05) is 0 Å². The van der Waals surface area contributed by atoms with Crippen LogP contribution in [0.15, 0.2) is 36.4 Å². The van der Waals surface area contributed by atoms with Crippen molar-refractivity contribution in [1.82, 2.24) is 4.90 Å². The molecule has 0 spiro atoms. The van der Waals surface area contributed by atoms with Crippen LogP contribution in [0.3, 0.4) is 0 Å². The first-order chi connectivity index (χ1) is 7.74. The normalized spacial score (nSPS) is 21.0. The molecule has 1 nitrogen and oxygen atoms in total. The van der Waals surface area contributed by atoms with E-state index >= 15 is 0 Å². The van der Waals surface area contributed by atoms with E-state index in [9.17, 15) is 0 Å². The van der Waals surface area contributed by atoms with Crippen LogP contribution in [-0.2, 0) is 13.0 Å². The Morgan fingerprint density at radius 3 is 2.38 bits per heavy atom. The van der Waals surface area contributed by atoms with Gasteiger partial charge in [0.15, 0.2) is 0 Å². The Kier molecular flexibility index (Phi) is 2.22. The van der Waals surface area contributed by atoms with Crippen molar-refractivity contribution >= 4 is 10.8 Å². The summed E-state index contributed by atoms with van der Waals surface area (Å²) >= 11 is 0. The zero-order chi connectivity index (χ0) is 11.1. The fraction of sp³-hybridized carbons (Fsp3) is 0.333. The highest BCUT2D eigenvalue weighted by molar-refractivity contribution is 5.84. The van der Waals surface area contributed by atoms with Crippen LogP contribution in [0.2, 0.25) is 0 Å². The Morgan fingerprint density at radius 2 is 1.69 bits per heavy atom. The zero-order valence-corrected chi connectivity index (χ0v) is 9.90. The molecule has 0 amide bonds. The summed E-state index contributed by atoms with van der Waals surface area (Å²) in [4.78, 5) is 2.43. The Hall–Kier alpha value is -1.34. The van der Waals surface area contributed by atoms with Crippen LogP contribution < -0.4 is 0 Å². The molecule has 82 valence electrons. The molecule has 3 rings (SSSR count). The number of nitrogens with zero attached hydrogens (tertiary/aromatic N) is 1. The average molecular weight is 211 g/mol. The smallest absolute Gasteiger partial charge is 0.0236 e. The zero-order valence-electron chi connectivity index (χ0n) is 9.90. The molecule has 1 atom stereocenters. The van der Waals surface area contributed by atoms with Crippen LogP contribution in [0, 0.1) is 0 Å². The highest BCUT2D eigenvalue weighted by Crippen LogP contribution is 2.26. The summed E-state index contributed by atoms with van der Waals surface area (Å²) < 4.78 is 0. The van der Waals surface area contributed by atoms with Crippen LogP contribution in [-0.4, -0.2) is 18.0 Å². The molecule has 0 bridgehead atoms. The van der Waals surface area contributed by atoms with E-state index in [-0.39, 0.29) is 0 Å². The second-order valence-electron chi connectivity index (χ2n) is 4.94. The van der Waals surface area contributed by atoms with Gasteiger partial charge in [-0.1, -0.05) is 30.3 Å². The first-order valence-electron chi connectivity index (χ1n) is 5.95. The number of fused-ring (bicyclic) bond motifs is 2. The van der Waals surface area contributed by atoms with E-state index < -0.39 is 0 Å². The highest BCUT2D eigenvalue weighted by atomic mass is 15.1. The summed E-state index contributed by atoms with van der Waals surface area (Å²) in [6, 6.07) is 14.0. The number of likely N-dealkylation sites (N-methyl/N-ethyl adjacent to an activating group) is 1. The Labute approximate surface area is 96.7 Å². The Bertz CT molecular complexity index is 481. The molecule has 0 fully saturated rings. The van der Waals surface area contributed by atoms with Crippen molar-refractivity contribution in [2.45, 2.75) is 25.9 Å². The fourth-order valence-corrected chi connectivity index (χ4v) is 2.57. The maximum Gasteiger partial charge on any atom is 0.0236 e. The summed E-state index contributed by atoms with van der Waals surface area (Å²) in [5.74, 6) is 0. The van der Waals surface area contributed by atoms with Gasteiger partial charge in [-0.15, -0.1) is 0 Å². The standard InChI is InChI=1S/C15H17N/c1-11-7-14-8-12-5-3-4-6-13(12)9-15(14)10-16(11)2/h3-6,8-9,11H,7,10H2,1-2H3. The molecule has 1 aliphatic rings. The van der Waals surface area contributed by atoms with Crippen molar-refractivity contribution in [3.8, 4) is 0 Å². The molecule has 0 aliphatic carbocycles. The average Bonchev–Trinajstić information content (AvgIpc) is 2.28. The van der Waals surface area contributed by atoms with Gasteiger partial charge in [-0.2, -0.15) is 0 Å². The Morgan fingerprint density at radius 1 is 1.06 bits per heavy atom. The predicted octanol–water partition coefficient (Wildman–Crippen LogP) is 3.22. The first-order valence-corrected chi connectivity index (χ1v) is 5.95. The monoisotopic (exact) mass is 211 g/mol. The van der Waals surface area contributed by atoms with Crippen molar-refractivity contribution in [2.24, 2.45) is 0 Å². The highest BCUT2D eigenvalue weighted by Gasteiger charge is 2.19. The third kappa shape index (κ3) is 1.52. The maximum atomic E-state index is 2.43. The van der Waals surface area contributed by atoms with Crippen molar-refractivity contribution in [3.05, 3.63) is 47.5 Å². The summed E-state index contributed by atoms with van der Waals surface area (Å²) in [6.07, 6.45) is 1.18. The van der Waals surface area contributed by atoms with Crippen molar-refractivity contribution in [3.63, 3.8) is 0 Å². The SMILES string of the molecule is CC1Cc2cc3ccccc3cc2CN1C. The van der Waals surface area contributed by atoms with E-state index in [0.717, 1.165) is 6.54 Å². The van der Waals surface area contributed by atoms with Crippen molar-refractivity contribution in [2.75, 3.05) is 7.05 Å². The van der Waals surface area contributed by atoms with E-state index in [1.165, 1.54) is 28.3 Å². The van der Waals surface area contributed by atoms with E-state index in [2.05, 4.69) is 55.3 Å². The minimum atomic E-state index is 0.661. The number of rotatable bonds is 0. The molecular weight excluding hydrogens is 194 g/mol. The van der Waals surface area contributed by atoms with Gasteiger partial charge < -0.3 is 0 Å². The molecule has 1 aliphatic heterocycles. The second-order valence-corrected chi connectivity index (χ2v) is 4.94. The molecule has 0 radical (unpaired) electrons. The largest absolute Gasteiger partial charge is 0.299 e. The number of benzene rings is 2. The van der Waals surface area contributed by atoms with Crippen molar-refractivity contribution in [1.29, 1.82) is 0 Å². The lowest BCUT2D eigenvalue weighted by Crippen LogP contribution is -2.34. The molecule has 1 unspecified atom stereocenters. The van der Waals surface area contributed by atoms with Crippen LogP contribution in [0.4, 0.5) is 0 Å². The van der Waals surface area contributed by atoms with Gasteiger partial charge >= 0.3 is 0 Å². The van der Waals surface area contributed by atoms with E-state index in [4.69, 9.17) is 0 Å². The van der Waals surface area contributed by atoms with Crippen molar-refractivity contribution < 1.29 is 0 Å². The van der Waals surface area contributed by atoms with Crippen LogP contribution in [0.1, 0.15) is 18.1 Å². The molecule has 0 aromatic heterocycles. The summed E-state index contributed by atoms with van der Waals surface area (Å²) in [5, 5.41) is 2.74. The predicted molar refractivity (Wildman–Crippen MR) is 68.6 cm³/mol. The van der Waals surface area contributed by atoms with Gasteiger partial charge in [-0.3, -0.25) is 4.90 Å². The molecular formula is C15H17N.